The number of benzene rings is 1. The number of carbonyl (C=O) groups excluding carboxylic acids is 1. The van der Waals surface area contributed by atoms with Crippen molar-refractivity contribution in [2.75, 3.05) is 20.2 Å². The Kier molecular flexibility index (Phi) is 4.99. The fraction of sp³-hybridized carbons (Fsp3) is 0.368. The molecule has 5 nitrogen and oxygen atoms in total. The van der Waals surface area contributed by atoms with Gasteiger partial charge >= 0.3 is 0 Å². The van der Waals surface area contributed by atoms with Gasteiger partial charge in [0, 0.05) is 25.2 Å². The highest BCUT2D eigenvalue weighted by molar-refractivity contribution is 5.79. The van der Waals surface area contributed by atoms with Crippen LogP contribution in [0.3, 0.4) is 0 Å². The van der Waals surface area contributed by atoms with Gasteiger partial charge < -0.3 is 14.4 Å². The summed E-state index contributed by atoms with van der Waals surface area (Å²) < 4.78 is 11.0. The quantitative estimate of drug-likeness (QED) is 0.847. The Labute approximate surface area is 142 Å². The van der Waals surface area contributed by atoms with Crippen LogP contribution in [0.15, 0.2) is 42.6 Å². The monoisotopic (exact) mass is 326 g/mol. The van der Waals surface area contributed by atoms with Crippen molar-refractivity contribution in [1.29, 1.82) is 0 Å². The van der Waals surface area contributed by atoms with Gasteiger partial charge in [0.25, 0.3) is 0 Å². The molecule has 0 saturated carbocycles. The zero-order valence-electron chi connectivity index (χ0n) is 14.1. The number of methoxy groups -OCH3 is 1. The third kappa shape index (κ3) is 4.04. The van der Waals surface area contributed by atoms with Crippen LogP contribution in [0.25, 0.3) is 0 Å². The lowest BCUT2D eigenvalue weighted by Crippen LogP contribution is -2.32. The molecule has 1 aromatic carbocycles. The zero-order valence-corrected chi connectivity index (χ0v) is 14.1. The average molecular weight is 326 g/mol. The highest BCUT2D eigenvalue weighted by atomic mass is 16.5. The highest BCUT2D eigenvalue weighted by Crippen LogP contribution is 2.18. The summed E-state index contributed by atoms with van der Waals surface area (Å²) in [5.74, 6) is 1.55. The van der Waals surface area contributed by atoms with Gasteiger partial charge in [0.05, 0.1) is 20.1 Å². The van der Waals surface area contributed by atoms with Crippen LogP contribution >= 0.6 is 0 Å². The van der Waals surface area contributed by atoms with E-state index in [0.29, 0.717) is 18.8 Å². The number of pyridine rings is 1. The third-order valence-electron chi connectivity index (χ3n) is 4.18. The number of nitrogens with zero attached hydrogens (tertiary/aromatic N) is 2. The maximum absolute atomic E-state index is 12.4. The third-order valence-corrected chi connectivity index (χ3v) is 4.18. The van der Waals surface area contributed by atoms with Crippen molar-refractivity contribution < 1.29 is 14.3 Å². The van der Waals surface area contributed by atoms with E-state index in [2.05, 4.69) is 4.98 Å². The van der Waals surface area contributed by atoms with E-state index in [1.54, 1.807) is 13.3 Å². The van der Waals surface area contributed by atoms with E-state index in [0.717, 1.165) is 29.8 Å². The van der Waals surface area contributed by atoms with Crippen molar-refractivity contribution in [2.45, 2.75) is 25.9 Å². The van der Waals surface area contributed by atoms with Crippen LogP contribution in [0.2, 0.25) is 0 Å². The van der Waals surface area contributed by atoms with Crippen LogP contribution in [0, 0.1) is 6.92 Å². The molecule has 24 heavy (non-hydrogen) atoms. The second kappa shape index (κ2) is 7.34. The summed E-state index contributed by atoms with van der Waals surface area (Å²) in [6.07, 6.45) is 3.04. The Morgan fingerprint density at radius 3 is 2.71 bits per heavy atom. The molecular formula is C19H22N2O3. The molecule has 3 rings (SSSR count). The Hall–Kier alpha value is -2.56. The van der Waals surface area contributed by atoms with Crippen LogP contribution in [0.1, 0.15) is 17.5 Å². The highest BCUT2D eigenvalue weighted by Gasteiger charge is 2.27. The maximum atomic E-state index is 12.4. The van der Waals surface area contributed by atoms with Gasteiger partial charge in [-0.25, -0.2) is 4.98 Å². The smallest absolute Gasteiger partial charge is 0.227 e. The first-order valence-electron chi connectivity index (χ1n) is 8.14. The number of ether oxygens (including phenoxy) is 2. The summed E-state index contributed by atoms with van der Waals surface area (Å²) in [4.78, 5) is 18.6. The first-order valence-corrected chi connectivity index (χ1v) is 8.14. The lowest BCUT2D eigenvalue weighted by atomic mass is 10.1. The minimum atomic E-state index is 0.0139. The molecule has 0 N–H and O–H groups in total. The van der Waals surface area contributed by atoms with E-state index in [-0.39, 0.29) is 12.0 Å². The van der Waals surface area contributed by atoms with Gasteiger partial charge in [0.2, 0.25) is 11.8 Å². The molecule has 5 heteroatoms. The predicted octanol–water partition coefficient (Wildman–Crippen LogP) is 2.62. The van der Waals surface area contributed by atoms with Gasteiger partial charge in [-0.2, -0.15) is 0 Å². The molecule has 0 spiro atoms. The number of hydrogen-bond acceptors (Lipinski definition) is 4. The molecule has 1 aliphatic rings. The van der Waals surface area contributed by atoms with Crippen molar-refractivity contribution >= 4 is 5.91 Å². The van der Waals surface area contributed by atoms with Crippen LogP contribution in [-0.2, 0) is 11.2 Å². The molecule has 1 saturated heterocycles. The van der Waals surface area contributed by atoms with Crippen molar-refractivity contribution in [2.24, 2.45) is 0 Å². The lowest BCUT2D eigenvalue weighted by molar-refractivity contribution is -0.129. The molecule has 1 fully saturated rings. The molecule has 0 radical (unpaired) electrons. The Bertz CT molecular complexity index is 683. The van der Waals surface area contributed by atoms with Crippen LogP contribution < -0.4 is 9.47 Å². The molecule has 1 aromatic heterocycles. The average Bonchev–Trinajstić information content (AvgIpc) is 3.06. The van der Waals surface area contributed by atoms with E-state index in [1.165, 1.54) is 0 Å². The SMILES string of the molecule is COc1ccc(CC(=O)N2CC[C@@H](Oc3ccc(C)cn3)C2)cc1. The predicted molar refractivity (Wildman–Crippen MR) is 91.3 cm³/mol. The fourth-order valence-electron chi connectivity index (χ4n) is 2.78. The molecule has 1 aliphatic heterocycles. The Balaban J connectivity index is 1.52. The number of aromatic nitrogens is 1. The van der Waals surface area contributed by atoms with E-state index >= 15 is 0 Å². The first kappa shape index (κ1) is 16.3. The van der Waals surface area contributed by atoms with E-state index < -0.39 is 0 Å². The molecular weight excluding hydrogens is 304 g/mol. The lowest BCUT2D eigenvalue weighted by Gasteiger charge is -2.17. The topological polar surface area (TPSA) is 51.7 Å². The van der Waals surface area contributed by atoms with E-state index in [1.807, 2.05) is 48.2 Å². The van der Waals surface area contributed by atoms with E-state index in [4.69, 9.17) is 9.47 Å². The molecule has 0 unspecified atom stereocenters. The minimum Gasteiger partial charge on any atom is -0.497 e. The van der Waals surface area contributed by atoms with Crippen molar-refractivity contribution in [1.82, 2.24) is 9.88 Å². The summed E-state index contributed by atoms with van der Waals surface area (Å²) >= 11 is 0. The van der Waals surface area contributed by atoms with Crippen molar-refractivity contribution in [3.8, 4) is 11.6 Å². The number of carbonyl (C=O) groups is 1. The number of aryl methyl sites for hydroxylation is 1. The molecule has 1 amide bonds. The van der Waals surface area contributed by atoms with Crippen LogP contribution in [0.4, 0.5) is 0 Å². The van der Waals surface area contributed by atoms with E-state index in [9.17, 15) is 4.79 Å². The molecule has 1 atom stereocenters. The zero-order chi connectivity index (χ0) is 16.9. The fourth-order valence-corrected chi connectivity index (χ4v) is 2.78. The largest absolute Gasteiger partial charge is 0.497 e. The van der Waals surface area contributed by atoms with Crippen molar-refractivity contribution in [3.63, 3.8) is 0 Å². The molecule has 0 aliphatic carbocycles. The van der Waals surface area contributed by atoms with Gasteiger partial charge in [0.15, 0.2) is 0 Å². The van der Waals surface area contributed by atoms with Gasteiger partial charge in [-0.1, -0.05) is 18.2 Å². The van der Waals surface area contributed by atoms with Gasteiger partial charge in [-0.3, -0.25) is 4.79 Å². The molecule has 0 bridgehead atoms. The number of rotatable bonds is 5. The summed E-state index contributed by atoms with van der Waals surface area (Å²) in [7, 11) is 1.63. The van der Waals surface area contributed by atoms with Crippen LogP contribution in [-0.4, -0.2) is 42.1 Å². The second-order valence-electron chi connectivity index (χ2n) is 6.07. The molecule has 2 aromatic rings. The summed E-state index contributed by atoms with van der Waals surface area (Å²) in [5, 5.41) is 0. The summed E-state index contributed by atoms with van der Waals surface area (Å²) in [6, 6.07) is 11.5. The number of hydrogen-bond donors (Lipinski definition) is 0. The van der Waals surface area contributed by atoms with Crippen LogP contribution in [0.5, 0.6) is 11.6 Å². The van der Waals surface area contributed by atoms with Gasteiger partial charge in [-0.05, 0) is 30.2 Å². The standard InChI is InChI=1S/C19H22N2O3/c1-14-3-8-18(20-12-14)24-17-9-10-21(13-17)19(22)11-15-4-6-16(23-2)7-5-15/h3-8,12,17H,9-11,13H2,1-2H3/t17-/m1/s1. The summed E-state index contributed by atoms with van der Waals surface area (Å²) in [6.45, 7) is 3.34. The normalized spacial score (nSPS) is 16.9. The van der Waals surface area contributed by atoms with Crippen molar-refractivity contribution in [3.05, 3.63) is 53.7 Å². The molecule has 2 heterocycles. The minimum absolute atomic E-state index is 0.0139. The molecule has 126 valence electrons. The first-order chi connectivity index (χ1) is 11.6. The summed E-state index contributed by atoms with van der Waals surface area (Å²) in [5.41, 5.74) is 2.09. The second-order valence-corrected chi connectivity index (χ2v) is 6.07. The Morgan fingerprint density at radius 1 is 1.25 bits per heavy atom. The number of amides is 1. The van der Waals surface area contributed by atoms with Gasteiger partial charge in [-0.15, -0.1) is 0 Å². The Morgan fingerprint density at radius 2 is 2.04 bits per heavy atom. The van der Waals surface area contributed by atoms with Gasteiger partial charge in [0.1, 0.15) is 11.9 Å². The number of likely N-dealkylation sites (tertiary alicyclic amines) is 1. The maximum Gasteiger partial charge on any atom is 0.227 e.